The van der Waals surface area contributed by atoms with Gasteiger partial charge in [0.25, 0.3) is 5.91 Å². The van der Waals surface area contributed by atoms with Crippen LogP contribution in [0.5, 0.6) is 0 Å². The highest BCUT2D eigenvalue weighted by Crippen LogP contribution is 2.36. The van der Waals surface area contributed by atoms with E-state index in [-0.39, 0.29) is 27.3 Å². The van der Waals surface area contributed by atoms with Crippen LogP contribution in [0.25, 0.3) is 11.3 Å². The topological polar surface area (TPSA) is 42.2 Å². The average Bonchev–Trinajstić information content (AvgIpc) is 3.08. The van der Waals surface area contributed by atoms with E-state index < -0.39 is 17.6 Å². The maximum absolute atomic E-state index is 12.8. The fraction of sp³-hybridized carbons (Fsp3) is 0.0556. The number of hydrogen-bond donors (Lipinski definition) is 1. The van der Waals surface area contributed by atoms with Gasteiger partial charge in [-0.05, 0) is 42.5 Å². The Hall–Kier alpha value is -2.15. The summed E-state index contributed by atoms with van der Waals surface area (Å²) in [5.41, 5.74) is -0.649. The first-order valence-corrected chi connectivity index (χ1v) is 8.52. The van der Waals surface area contributed by atoms with Crippen LogP contribution in [0.4, 0.5) is 18.9 Å². The molecule has 0 fully saturated rings. The summed E-state index contributed by atoms with van der Waals surface area (Å²) in [4.78, 5) is 12.3. The van der Waals surface area contributed by atoms with Crippen molar-refractivity contribution in [2.45, 2.75) is 6.18 Å². The van der Waals surface area contributed by atoms with Crippen molar-refractivity contribution < 1.29 is 22.4 Å². The summed E-state index contributed by atoms with van der Waals surface area (Å²) < 4.78 is 43.9. The van der Waals surface area contributed by atoms with Gasteiger partial charge in [0.15, 0.2) is 5.76 Å². The smallest absolute Gasteiger partial charge is 0.416 e. The number of anilines is 1. The van der Waals surface area contributed by atoms with Gasteiger partial charge in [-0.2, -0.15) is 13.2 Å². The Kier molecular flexibility index (Phi) is 5.42. The SMILES string of the molecule is O=C(Nc1cc(C(F)(F)F)ccc1Cl)c1ccc(-c2cccc(Cl)c2Cl)o1. The van der Waals surface area contributed by atoms with Crippen molar-refractivity contribution in [2.24, 2.45) is 0 Å². The number of halogens is 6. The lowest BCUT2D eigenvalue weighted by atomic mass is 10.2. The van der Waals surface area contributed by atoms with E-state index in [1.165, 1.54) is 12.1 Å². The summed E-state index contributed by atoms with van der Waals surface area (Å²) in [6.45, 7) is 0. The maximum atomic E-state index is 12.8. The predicted molar refractivity (Wildman–Crippen MR) is 98.6 cm³/mol. The molecular formula is C18H9Cl3F3NO2. The van der Waals surface area contributed by atoms with Crippen LogP contribution in [0.1, 0.15) is 16.1 Å². The lowest BCUT2D eigenvalue weighted by Crippen LogP contribution is -2.13. The molecule has 0 aliphatic heterocycles. The monoisotopic (exact) mass is 433 g/mol. The number of carbonyl (C=O) groups excluding carboxylic acids is 1. The summed E-state index contributed by atoms with van der Waals surface area (Å²) in [5, 5.41) is 2.83. The van der Waals surface area contributed by atoms with E-state index in [4.69, 9.17) is 39.2 Å². The molecule has 0 saturated carbocycles. The molecule has 0 saturated heterocycles. The lowest BCUT2D eigenvalue weighted by molar-refractivity contribution is -0.137. The molecule has 0 radical (unpaired) electrons. The van der Waals surface area contributed by atoms with Crippen LogP contribution >= 0.6 is 34.8 Å². The molecule has 140 valence electrons. The third-order valence-corrected chi connectivity index (χ3v) is 4.74. The molecule has 1 aromatic heterocycles. The molecule has 0 atom stereocenters. The van der Waals surface area contributed by atoms with Crippen LogP contribution in [-0.4, -0.2) is 5.91 Å². The first-order chi connectivity index (χ1) is 12.7. The van der Waals surface area contributed by atoms with Crippen molar-refractivity contribution in [1.82, 2.24) is 0 Å². The number of hydrogen-bond acceptors (Lipinski definition) is 2. The van der Waals surface area contributed by atoms with Gasteiger partial charge in [0.2, 0.25) is 0 Å². The van der Waals surface area contributed by atoms with Crippen LogP contribution < -0.4 is 5.32 Å². The molecule has 0 aliphatic carbocycles. The van der Waals surface area contributed by atoms with Gasteiger partial charge in [-0.3, -0.25) is 4.79 Å². The number of carbonyl (C=O) groups is 1. The highest BCUT2D eigenvalue weighted by atomic mass is 35.5. The molecule has 27 heavy (non-hydrogen) atoms. The van der Waals surface area contributed by atoms with Crippen LogP contribution in [-0.2, 0) is 6.18 Å². The molecule has 0 aliphatic rings. The van der Waals surface area contributed by atoms with Gasteiger partial charge in [-0.1, -0.05) is 40.9 Å². The molecular weight excluding hydrogens is 426 g/mol. The Morgan fingerprint density at radius 2 is 1.70 bits per heavy atom. The van der Waals surface area contributed by atoms with E-state index in [1.54, 1.807) is 18.2 Å². The Morgan fingerprint density at radius 3 is 2.41 bits per heavy atom. The van der Waals surface area contributed by atoms with Crippen molar-refractivity contribution in [2.75, 3.05) is 5.32 Å². The van der Waals surface area contributed by atoms with Gasteiger partial charge in [-0.25, -0.2) is 0 Å². The maximum Gasteiger partial charge on any atom is 0.416 e. The van der Waals surface area contributed by atoms with E-state index in [9.17, 15) is 18.0 Å². The number of nitrogens with one attached hydrogen (secondary N) is 1. The molecule has 0 bridgehead atoms. The van der Waals surface area contributed by atoms with Crippen molar-refractivity contribution in [3.8, 4) is 11.3 Å². The van der Waals surface area contributed by atoms with Gasteiger partial charge in [-0.15, -0.1) is 0 Å². The summed E-state index contributed by atoms with van der Waals surface area (Å²) in [6.07, 6.45) is -4.56. The lowest BCUT2D eigenvalue weighted by Gasteiger charge is -2.11. The molecule has 1 amide bonds. The third-order valence-electron chi connectivity index (χ3n) is 3.59. The average molecular weight is 435 g/mol. The number of furan rings is 1. The standard InChI is InChI=1S/C18H9Cl3F3NO2/c19-11-5-4-9(18(22,23)24)8-13(11)25-17(26)15-7-6-14(27-15)10-2-1-3-12(20)16(10)21/h1-8H,(H,25,26). The van der Waals surface area contributed by atoms with Gasteiger partial charge in [0, 0.05) is 5.56 Å². The first-order valence-electron chi connectivity index (χ1n) is 7.39. The Bertz CT molecular complexity index is 1020. The highest BCUT2D eigenvalue weighted by Gasteiger charge is 2.31. The van der Waals surface area contributed by atoms with Crippen molar-refractivity contribution >= 4 is 46.4 Å². The summed E-state index contributed by atoms with van der Waals surface area (Å²) in [5.74, 6) is -0.613. The van der Waals surface area contributed by atoms with Gasteiger partial charge < -0.3 is 9.73 Å². The largest absolute Gasteiger partial charge is 0.451 e. The minimum Gasteiger partial charge on any atom is -0.451 e. The molecule has 3 nitrogen and oxygen atoms in total. The Morgan fingerprint density at radius 1 is 0.963 bits per heavy atom. The second-order valence-corrected chi connectivity index (χ2v) is 6.60. The molecule has 3 rings (SSSR count). The van der Waals surface area contributed by atoms with E-state index in [2.05, 4.69) is 5.32 Å². The molecule has 3 aromatic rings. The minimum absolute atomic E-state index is 0.0407. The minimum atomic E-state index is -4.56. The zero-order chi connectivity index (χ0) is 19.8. The Labute approximate surface area is 166 Å². The molecule has 1 N–H and O–H groups in total. The van der Waals surface area contributed by atoms with E-state index in [1.807, 2.05) is 0 Å². The fourth-order valence-corrected chi connectivity index (χ4v) is 2.84. The first kappa shape index (κ1) is 19.6. The number of benzene rings is 2. The predicted octanol–water partition coefficient (Wildman–Crippen LogP) is 7.18. The van der Waals surface area contributed by atoms with Crippen molar-refractivity contribution in [3.63, 3.8) is 0 Å². The van der Waals surface area contributed by atoms with Crippen LogP contribution in [0.15, 0.2) is 52.9 Å². The Balaban J connectivity index is 1.86. The van der Waals surface area contributed by atoms with Crippen LogP contribution in [0.2, 0.25) is 15.1 Å². The summed E-state index contributed by atoms with van der Waals surface area (Å²) >= 11 is 17.9. The van der Waals surface area contributed by atoms with Crippen molar-refractivity contribution in [3.05, 3.63) is 74.9 Å². The zero-order valence-corrected chi connectivity index (χ0v) is 15.5. The van der Waals surface area contributed by atoms with E-state index in [0.29, 0.717) is 10.6 Å². The summed E-state index contributed by atoms with van der Waals surface area (Å²) in [7, 11) is 0. The molecule has 2 aromatic carbocycles. The summed E-state index contributed by atoms with van der Waals surface area (Å²) in [6, 6.07) is 10.4. The molecule has 9 heteroatoms. The normalized spacial score (nSPS) is 11.5. The number of amides is 1. The van der Waals surface area contributed by atoms with Gasteiger partial charge in [0.05, 0.1) is 26.3 Å². The van der Waals surface area contributed by atoms with E-state index >= 15 is 0 Å². The zero-order valence-electron chi connectivity index (χ0n) is 13.2. The van der Waals surface area contributed by atoms with Crippen LogP contribution in [0, 0.1) is 0 Å². The molecule has 1 heterocycles. The van der Waals surface area contributed by atoms with Gasteiger partial charge >= 0.3 is 6.18 Å². The number of alkyl halides is 3. The fourth-order valence-electron chi connectivity index (χ4n) is 2.28. The molecule has 0 unspecified atom stereocenters. The van der Waals surface area contributed by atoms with Crippen molar-refractivity contribution in [1.29, 1.82) is 0 Å². The van der Waals surface area contributed by atoms with E-state index in [0.717, 1.165) is 18.2 Å². The molecule has 0 spiro atoms. The quantitative estimate of drug-likeness (QED) is 0.474. The highest BCUT2D eigenvalue weighted by molar-refractivity contribution is 6.43. The van der Waals surface area contributed by atoms with Gasteiger partial charge in [0.1, 0.15) is 5.76 Å². The van der Waals surface area contributed by atoms with Crippen LogP contribution in [0.3, 0.4) is 0 Å². The second kappa shape index (κ2) is 7.46. The third kappa shape index (κ3) is 4.24. The second-order valence-electron chi connectivity index (χ2n) is 5.41. The number of rotatable bonds is 3.